The molecule has 1 saturated heterocycles. The summed E-state index contributed by atoms with van der Waals surface area (Å²) in [5, 5.41) is 8.46. The van der Waals surface area contributed by atoms with Gasteiger partial charge in [0, 0.05) is 30.4 Å². The van der Waals surface area contributed by atoms with E-state index in [9.17, 15) is 14.0 Å². The first-order chi connectivity index (χ1) is 19.0. The Labute approximate surface area is 237 Å². The quantitative estimate of drug-likeness (QED) is 0.309. The van der Waals surface area contributed by atoms with E-state index in [4.69, 9.17) is 22.7 Å². The Kier molecular flexibility index (Phi) is 9.22. The molecule has 2 aromatic carbocycles. The SMILES string of the molecule is CC(C)(N)C1CCN(C(=O)Nc2cc(Oc3ccc(NC(=S)NC(=O)Cc4ccc(F)cc4)cc3)ncn2)CC1. The molecular weight excluding hydrogens is 533 g/mol. The van der Waals surface area contributed by atoms with Crippen molar-refractivity contribution in [3.8, 4) is 11.6 Å². The second-order valence-corrected chi connectivity index (χ2v) is 10.6. The molecule has 0 bridgehead atoms. The molecule has 2 heterocycles. The summed E-state index contributed by atoms with van der Waals surface area (Å²) < 4.78 is 18.8. The largest absolute Gasteiger partial charge is 0.439 e. The van der Waals surface area contributed by atoms with E-state index < -0.39 is 0 Å². The molecule has 1 aliphatic heterocycles. The third kappa shape index (κ3) is 8.42. The number of rotatable bonds is 7. The molecule has 3 aromatic rings. The van der Waals surface area contributed by atoms with Crippen molar-refractivity contribution in [2.45, 2.75) is 38.6 Å². The standard InChI is InChI=1S/C28H32FN7O3S/c1-28(2,30)19-11-13-36(14-12-19)27(38)34-23-16-25(32-17-31-23)39-22-9-7-21(8-10-22)33-26(40)35-24(37)15-18-3-5-20(29)6-4-18/h3-10,16-17,19H,11-15,30H2,1-2H3,(H,31,32,34,38)(H2,33,35,37,40). The first-order valence-electron chi connectivity index (χ1n) is 12.9. The molecule has 0 aliphatic carbocycles. The van der Waals surface area contributed by atoms with Crippen molar-refractivity contribution >= 4 is 40.8 Å². The van der Waals surface area contributed by atoms with Crippen LogP contribution in [0.2, 0.25) is 0 Å². The number of aromatic nitrogens is 2. The van der Waals surface area contributed by atoms with Gasteiger partial charge in [-0.3, -0.25) is 10.1 Å². The fraction of sp³-hybridized carbons (Fsp3) is 0.321. The molecule has 1 aromatic heterocycles. The Hall–Kier alpha value is -4.16. The van der Waals surface area contributed by atoms with Crippen LogP contribution in [-0.4, -0.2) is 50.5 Å². The third-order valence-electron chi connectivity index (χ3n) is 6.58. The van der Waals surface area contributed by atoms with Gasteiger partial charge in [0.1, 0.15) is 23.7 Å². The summed E-state index contributed by atoms with van der Waals surface area (Å²) in [6.07, 6.45) is 3.10. The molecule has 3 amide bonds. The lowest BCUT2D eigenvalue weighted by atomic mass is 9.81. The number of ether oxygens (including phenoxy) is 1. The van der Waals surface area contributed by atoms with E-state index in [1.54, 1.807) is 47.4 Å². The number of hydrogen-bond acceptors (Lipinski definition) is 7. The summed E-state index contributed by atoms with van der Waals surface area (Å²) in [4.78, 5) is 34.9. The highest BCUT2D eigenvalue weighted by Crippen LogP contribution is 2.27. The molecular formula is C28H32FN7O3S. The molecule has 210 valence electrons. The zero-order chi connectivity index (χ0) is 28.7. The van der Waals surface area contributed by atoms with Crippen LogP contribution >= 0.6 is 12.2 Å². The van der Waals surface area contributed by atoms with Gasteiger partial charge < -0.3 is 26.0 Å². The zero-order valence-electron chi connectivity index (χ0n) is 22.3. The van der Waals surface area contributed by atoms with E-state index in [1.807, 2.05) is 13.8 Å². The number of benzene rings is 2. The van der Waals surface area contributed by atoms with Crippen molar-refractivity contribution in [1.82, 2.24) is 20.2 Å². The van der Waals surface area contributed by atoms with E-state index >= 15 is 0 Å². The van der Waals surface area contributed by atoms with Crippen LogP contribution in [0, 0.1) is 11.7 Å². The van der Waals surface area contributed by atoms with Gasteiger partial charge in [0.15, 0.2) is 5.11 Å². The van der Waals surface area contributed by atoms with Gasteiger partial charge in [0.2, 0.25) is 11.8 Å². The monoisotopic (exact) mass is 565 g/mol. The number of carbonyl (C=O) groups excluding carboxylic acids is 2. The first kappa shape index (κ1) is 28.8. The molecule has 5 N–H and O–H groups in total. The number of thiocarbonyl (C=S) groups is 1. The molecule has 0 spiro atoms. The number of carbonyl (C=O) groups is 2. The molecule has 1 aliphatic rings. The predicted molar refractivity (Wildman–Crippen MR) is 155 cm³/mol. The van der Waals surface area contributed by atoms with Crippen LogP contribution in [0.1, 0.15) is 32.3 Å². The summed E-state index contributed by atoms with van der Waals surface area (Å²) in [7, 11) is 0. The van der Waals surface area contributed by atoms with Crippen molar-refractivity contribution in [2.24, 2.45) is 11.7 Å². The number of likely N-dealkylation sites (tertiary alicyclic amines) is 1. The van der Waals surface area contributed by atoms with Crippen LogP contribution in [0.3, 0.4) is 0 Å². The van der Waals surface area contributed by atoms with Crippen LogP contribution in [0.4, 0.5) is 20.7 Å². The number of halogens is 1. The van der Waals surface area contributed by atoms with E-state index in [0.29, 0.717) is 41.8 Å². The molecule has 0 unspecified atom stereocenters. The Bertz CT molecular complexity index is 1340. The minimum Gasteiger partial charge on any atom is -0.439 e. The van der Waals surface area contributed by atoms with Crippen LogP contribution in [0.25, 0.3) is 0 Å². The zero-order valence-corrected chi connectivity index (χ0v) is 23.1. The fourth-order valence-electron chi connectivity index (χ4n) is 4.33. The van der Waals surface area contributed by atoms with E-state index in [0.717, 1.165) is 12.8 Å². The van der Waals surface area contributed by atoms with Gasteiger partial charge in [0.25, 0.3) is 0 Å². The molecule has 0 atom stereocenters. The summed E-state index contributed by atoms with van der Waals surface area (Å²) in [6, 6.07) is 13.9. The van der Waals surface area contributed by atoms with Crippen molar-refractivity contribution in [1.29, 1.82) is 0 Å². The predicted octanol–water partition coefficient (Wildman–Crippen LogP) is 4.44. The third-order valence-corrected chi connectivity index (χ3v) is 6.78. The van der Waals surface area contributed by atoms with Crippen LogP contribution < -0.4 is 26.4 Å². The number of hydrogen-bond donors (Lipinski definition) is 4. The van der Waals surface area contributed by atoms with Crippen molar-refractivity contribution < 1.29 is 18.7 Å². The normalized spacial score (nSPS) is 13.8. The van der Waals surface area contributed by atoms with E-state index in [1.165, 1.54) is 18.5 Å². The van der Waals surface area contributed by atoms with Crippen LogP contribution in [0.5, 0.6) is 11.6 Å². The summed E-state index contributed by atoms with van der Waals surface area (Å²) >= 11 is 5.21. The van der Waals surface area contributed by atoms with Crippen molar-refractivity contribution in [3.63, 3.8) is 0 Å². The average molecular weight is 566 g/mol. The number of amides is 3. The lowest BCUT2D eigenvalue weighted by Crippen LogP contribution is -2.49. The first-order valence-corrected chi connectivity index (χ1v) is 13.3. The Morgan fingerprint density at radius 3 is 2.40 bits per heavy atom. The molecule has 1 fully saturated rings. The van der Waals surface area contributed by atoms with Crippen LogP contribution in [0.15, 0.2) is 60.9 Å². The minimum absolute atomic E-state index is 0.0708. The Morgan fingerprint density at radius 1 is 1.07 bits per heavy atom. The molecule has 40 heavy (non-hydrogen) atoms. The molecule has 4 rings (SSSR count). The molecule has 0 radical (unpaired) electrons. The number of urea groups is 1. The van der Waals surface area contributed by atoms with Gasteiger partial charge in [-0.1, -0.05) is 12.1 Å². The number of nitrogens with two attached hydrogens (primary N) is 1. The summed E-state index contributed by atoms with van der Waals surface area (Å²) in [6.45, 7) is 5.31. The lowest BCUT2D eigenvalue weighted by Gasteiger charge is -2.38. The van der Waals surface area contributed by atoms with Crippen molar-refractivity contribution in [3.05, 3.63) is 72.3 Å². The second kappa shape index (κ2) is 12.8. The number of piperidine rings is 1. The van der Waals surface area contributed by atoms with E-state index in [2.05, 4.69) is 25.9 Å². The molecule has 0 saturated carbocycles. The van der Waals surface area contributed by atoms with E-state index in [-0.39, 0.29) is 40.7 Å². The Balaban J connectivity index is 1.25. The van der Waals surface area contributed by atoms with Crippen molar-refractivity contribution in [2.75, 3.05) is 23.7 Å². The van der Waals surface area contributed by atoms with Gasteiger partial charge in [-0.15, -0.1) is 0 Å². The minimum atomic E-state index is -0.362. The molecule has 12 heteroatoms. The smallest absolute Gasteiger partial charge is 0.323 e. The topological polar surface area (TPSA) is 134 Å². The maximum absolute atomic E-state index is 13.0. The Morgan fingerprint density at radius 2 is 1.75 bits per heavy atom. The van der Waals surface area contributed by atoms with Crippen LogP contribution in [-0.2, 0) is 11.2 Å². The fourth-order valence-corrected chi connectivity index (χ4v) is 4.56. The number of nitrogens with one attached hydrogen (secondary N) is 3. The summed E-state index contributed by atoms with van der Waals surface area (Å²) in [5.74, 6) is 0.785. The maximum Gasteiger partial charge on any atom is 0.323 e. The average Bonchev–Trinajstić information content (AvgIpc) is 2.91. The highest BCUT2D eigenvalue weighted by molar-refractivity contribution is 7.80. The van der Waals surface area contributed by atoms with Gasteiger partial charge >= 0.3 is 6.03 Å². The van der Waals surface area contributed by atoms with Gasteiger partial charge in [-0.2, -0.15) is 0 Å². The number of anilines is 2. The van der Waals surface area contributed by atoms with Gasteiger partial charge in [-0.25, -0.2) is 19.2 Å². The van der Waals surface area contributed by atoms with Gasteiger partial charge in [-0.05, 0) is 86.8 Å². The summed E-state index contributed by atoms with van der Waals surface area (Å²) in [5.41, 5.74) is 7.27. The molecule has 10 nitrogen and oxygen atoms in total. The highest BCUT2D eigenvalue weighted by atomic mass is 32.1. The highest BCUT2D eigenvalue weighted by Gasteiger charge is 2.31. The number of nitrogens with zero attached hydrogens (tertiary/aromatic N) is 3. The second-order valence-electron chi connectivity index (χ2n) is 10.2. The maximum atomic E-state index is 13.0. The van der Waals surface area contributed by atoms with Gasteiger partial charge in [0.05, 0.1) is 6.42 Å². The lowest BCUT2D eigenvalue weighted by molar-refractivity contribution is -0.119.